The molecule has 0 spiro atoms. The van der Waals surface area contributed by atoms with E-state index in [4.69, 9.17) is 15.5 Å². The van der Waals surface area contributed by atoms with E-state index < -0.39 is 25.0 Å². The lowest BCUT2D eigenvalue weighted by atomic mass is 9.92. The van der Waals surface area contributed by atoms with Crippen LogP contribution in [0.5, 0.6) is 6.01 Å². The van der Waals surface area contributed by atoms with Crippen LogP contribution in [-0.2, 0) is 13.5 Å². The van der Waals surface area contributed by atoms with Crippen LogP contribution in [0, 0.1) is 5.82 Å². The number of benzene rings is 1. The predicted molar refractivity (Wildman–Crippen MR) is 190 cm³/mol. The Balaban J connectivity index is 0.00000111. The van der Waals surface area contributed by atoms with E-state index in [-0.39, 0.29) is 45.1 Å². The van der Waals surface area contributed by atoms with Gasteiger partial charge < -0.3 is 20.4 Å². The number of hydrogen-bond donors (Lipinski definition) is 3. The summed E-state index contributed by atoms with van der Waals surface area (Å²) in [7, 11) is 3.69. The van der Waals surface area contributed by atoms with E-state index in [1.165, 1.54) is 17.4 Å². The van der Waals surface area contributed by atoms with Crippen LogP contribution >= 0.6 is 0 Å². The van der Waals surface area contributed by atoms with Gasteiger partial charge in [0, 0.05) is 24.5 Å². The van der Waals surface area contributed by atoms with E-state index in [1.54, 1.807) is 31.4 Å². The first-order valence-corrected chi connectivity index (χ1v) is 17.4. The number of unbranched alkanes of at least 4 members (excludes halogenated alkanes) is 1. The minimum Gasteiger partial charge on any atom is -0.461 e. The number of likely N-dealkylation sites (N-methyl/N-ethyl adjacent to an activating group) is 1. The normalized spacial score (nSPS) is 20.0. The Morgan fingerprint density at radius 2 is 1.90 bits per heavy atom. The van der Waals surface area contributed by atoms with Crippen LogP contribution < -0.4 is 26.7 Å². The Kier molecular flexibility index (Phi) is 11.6. The first kappa shape index (κ1) is 36.3. The van der Waals surface area contributed by atoms with E-state index in [2.05, 4.69) is 53.3 Å². The third-order valence-corrected chi connectivity index (χ3v) is 9.80. The summed E-state index contributed by atoms with van der Waals surface area (Å²) >= 11 is 0. The summed E-state index contributed by atoms with van der Waals surface area (Å²) in [5.41, 5.74) is 6.65. The van der Waals surface area contributed by atoms with Gasteiger partial charge in [0.25, 0.3) is 5.56 Å². The number of nitrogens with zero attached hydrogens (tertiary/aromatic N) is 5. The van der Waals surface area contributed by atoms with E-state index in [0.717, 1.165) is 32.2 Å². The molecule has 13 heteroatoms. The molecular weight excluding hydrogens is 633 g/mol. The quantitative estimate of drug-likeness (QED) is 0.125. The molecule has 3 atom stereocenters. The number of nitrogens with two attached hydrogens (primary N) is 1. The second kappa shape index (κ2) is 15.7. The number of likely N-dealkylation sites (tertiary alicyclic amines) is 1. The summed E-state index contributed by atoms with van der Waals surface area (Å²) in [5.74, 6) is -0.618. The van der Waals surface area contributed by atoms with Crippen molar-refractivity contribution >= 4 is 33.2 Å². The number of alkyl halides is 2. The minimum absolute atomic E-state index is 0.0636. The molecule has 10 nitrogen and oxygen atoms in total. The molecule has 5 heterocycles. The van der Waals surface area contributed by atoms with Crippen LogP contribution in [0.1, 0.15) is 77.8 Å². The van der Waals surface area contributed by atoms with Gasteiger partial charge in [0.2, 0.25) is 0 Å². The molecule has 3 aromatic heterocycles. The highest BCUT2D eigenvalue weighted by atomic mass is 19.2. The van der Waals surface area contributed by atoms with Gasteiger partial charge in [0.1, 0.15) is 30.4 Å². The Bertz CT molecular complexity index is 1830. The zero-order valence-electron chi connectivity index (χ0n) is 29.2. The van der Waals surface area contributed by atoms with Gasteiger partial charge in [-0.25, -0.2) is 18.2 Å². The highest BCUT2D eigenvalue weighted by molar-refractivity contribution is 6.01. The van der Waals surface area contributed by atoms with E-state index in [0.29, 0.717) is 48.0 Å². The average molecular weight is 683 g/mol. The van der Waals surface area contributed by atoms with Crippen LogP contribution in [-0.4, -0.2) is 69.3 Å². The number of aromatic nitrogens is 4. The molecular formula is C36H49F3N8O2. The molecule has 6 rings (SSSR count). The number of halogens is 3. The molecule has 4 N–H and O–H groups in total. The van der Waals surface area contributed by atoms with Crippen molar-refractivity contribution in [3.8, 4) is 17.3 Å². The maximum Gasteiger partial charge on any atom is 0.319 e. The molecule has 1 fully saturated rings. The topological polar surface area (TPSA) is 123 Å². The molecule has 0 saturated carbocycles. The van der Waals surface area contributed by atoms with Crippen LogP contribution in [0.25, 0.3) is 32.9 Å². The molecule has 4 aromatic rings. The summed E-state index contributed by atoms with van der Waals surface area (Å²) in [6.45, 7) is 6.68. The molecule has 2 aliphatic heterocycles. The Hall–Kier alpha value is -3.97. The highest BCUT2D eigenvalue weighted by Crippen LogP contribution is 2.39. The Morgan fingerprint density at radius 3 is 2.57 bits per heavy atom. The molecule has 0 bridgehead atoms. The van der Waals surface area contributed by atoms with Gasteiger partial charge in [0.15, 0.2) is 12.1 Å². The molecule has 0 amide bonds. The van der Waals surface area contributed by atoms with E-state index in [9.17, 15) is 13.6 Å². The number of anilines is 2. The lowest BCUT2D eigenvalue weighted by molar-refractivity contribution is 0.0828. The SMILES string of the molecule is CCCC.CCCC1(COc2nc3c4c(nc(-c5cc(N)cc6ccn(C)c(=O)c56)c(F)c4n2)CCCC(C(F)NCF)N3)CCCN1C. The summed E-state index contributed by atoms with van der Waals surface area (Å²) < 4.78 is 52.5. The first-order valence-electron chi connectivity index (χ1n) is 17.4. The fourth-order valence-corrected chi connectivity index (χ4v) is 6.91. The fraction of sp³-hybridized carbons (Fsp3) is 0.556. The van der Waals surface area contributed by atoms with Crippen LogP contribution in [0.15, 0.2) is 29.2 Å². The van der Waals surface area contributed by atoms with Crippen molar-refractivity contribution in [2.45, 2.75) is 96.4 Å². The Morgan fingerprint density at radius 1 is 1.12 bits per heavy atom. The van der Waals surface area contributed by atoms with Gasteiger partial charge in [-0.2, -0.15) is 9.97 Å². The fourth-order valence-electron chi connectivity index (χ4n) is 6.91. The summed E-state index contributed by atoms with van der Waals surface area (Å²) in [6.07, 6.45) is 7.56. The predicted octanol–water partition coefficient (Wildman–Crippen LogP) is 6.64. The van der Waals surface area contributed by atoms with Crippen molar-refractivity contribution in [1.29, 1.82) is 0 Å². The van der Waals surface area contributed by atoms with Gasteiger partial charge in [-0.15, -0.1) is 0 Å². The van der Waals surface area contributed by atoms with E-state index >= 15 is 4.39 Å². The number of nitrogen functional groups attached to an aromatic ring is 1. The molecule has 266 valence electrons. The number of rotatable bonds is 10. The number of ether oxygens (including phenoxy) is 1. The third kappa shape index (κ3) is 7.47. The van der Waals surface area contributed by atoms with Gasteiger partial charge in [-0.1, -0.05) is 40.0 Å². The molecule has 1 saturated heterocycles. The first-order chi connectivity index (χ1) is 23.6. The van der Waals surface area contributed by atoms with Gasteiger partial charge in [0.05, 0.1) is 28.0 Å². The number of fused-ring (bicyclic) bond motifs is 1. The average Bonchev–Trinajstić information content (AvgIpc) is 3.44. The Labute approximate surface area is 285 Å². The molecule has 2 aliphatic rings. The zero-order valence-corrected chi connectivity index (χ0v) is 29.2. The molecule has 0 aliphatic carbocycles. The van der Waals surface area contributed by atoms with Gasteiger partial charge >= 0.3 is 6.01 Å². The summed E-state index contributed by atoms with van der Waals surface area (Å²) in [5, 5.41) is 6.40. The van der Waals surface area contributed by atoms with Crippen LogP contribution in [0.3, 0.4) is 0 Å². The minimum atomic E-state index is -1.71. The second-order valence-electron chi connectivity index (χ2n) is 13.2. The molecule has 1 aromatic carbocycles. The highest BCUT2D eigenvalue weighted by Gasteiger charge is 2.39. The van der Waals surface area contributed by atoms with Crippen molar-refractivity contribution in [2.75, 3.05) is 38.0 Å². The molecule has 0 radical (unpaired) electrons. The smallest absolute Gasteiger partial charge is 0.319 e. The lowest BCUT2D eigenvalue weighted by Gasteiger charge is -2.35. The number of aryl methyl sites for hydroxylation is 2. The zero-order chi connectivity index (χ0) is 35.3. The lowest BCUT2D eigenvalue weighted by Crippen LogP contribution is -2.46. The van der Waals surface area contributed by atoms with Crippen molar-refractivity contribution < 1.29 is 17.9 Å². The van der Waals surface area contributed by atoms with Crippen molar-refractivity contribution in [2.24, 2.45) is 7.05 Å². The van der Waals surface area contributed by atoms with Crippen LogP contribution in [0.2, 0.25) is 0 Å². The maximum atomic E-state index is 16.8. The maximum absolute atomic E-state index is 16.8. The second-order valence-corrected chi connectivity index (χ2v) is 13.2. The van der Waals surface area contributed by atoms with Gasteiger partial charge in [-0.05, 0) is 75.7 Å². The summed E-state index contributed by atoms with van der Waals surface area (Å²) in [6, 6.07) is 4.06. The van der Waals surface area contributed by atoms with Crippen molar-refractivity contribution in [3.05, 3.63) is 46.3 Å². The van der Waals surface area contributed by atoms with Gasteiger partial charge in [-0.3, -0.25) is 15.0 Å². The third-order valence-electron chi connectivity index (χ3n) is 9.80. The largest absolute Gasteiger partial charge is 0.461 e. The number of nitrogens with one attached hydrogen (secondary N) is 2. The molecule has 49 heavy (non-hydrogen) atoms. The van der Waals surface area contributed by atoms with E-state index in [1.807, 2.05) is 0 Å². The van der Waals surface area contributed by atoms with Crippen LogP contribution in [0.4, 0.5) is 24.7 Å². The summed E-state index contributed by atoms with van der Waals surface area (Å²) in [4.78, 5) is 29.5. The van der Waals surface area contributed by atoms with Crippen molar-refractivity contribution in [3.63, 3.8) is 0 Å². The number of hydrogen-bond acceptors (Lipinski definition) is 9. The van der Waals surface area contributed by atoms with Crippen molar-refractivity contribution in [1.82, 2.24) is 29.7 Å². The standard InChI is InChI=1S/C32H39F3N8O2.C4H10/c1-4-10-32(11-6-12-43(32)3)16-45-31-40-27-24-21(7-5-8-22(28(35)37-17-33)39-29(24)41-31)38-26(25(27)34)20-15-19(36)14-18-9-13-42(2)30(44)23(18)20;1-3-4-2/h9,13-15,22,28,37H,4-8,10-12,16-17,36H2,1-3H3,(H,39,40,41);3-4H2,1-2H3. The number of pyridine rings is 2. The molecule has 3 unspecified atom stereocenters. The monoisotopic (exact) mass is 682 g/mol.